The van der Waals surface area contributed by atoms with Crippen molar-refractivity contribution in [1.82, 2.24) is 10.2 Å². The highest BCUT2D eigenvalue weighted by Crippen LogP contribution is 2.14. The molecular formula is C13H14N2OS. The number of carbonyl (C=O) groups is 1. The van der Waals surface area contributed by atoms with Crippen LogP contribution in [0.25, 0.3) is 6.08 Å². The number of hydrogen-bond donors (Lipinski definition) is 1. The first-order chi connectivity index (χ1) is 8.22. The zero-order valence-electron chi connectivity index (χ0n) is 9.64. The van der Waals surface area contributed by atoms with Gasteiger partial charge in [0.1, 0.15) is 5.70 Å². The van der Waals surface area contributed by atoms with E-state index in [2.05, 4.69) is 5.32 Å². The summed E-state index contributed by atoms with van der Waals surface area (Å²) in [6, 6.07) is 9.73. The summed E-state index contributed by atoms with van der Waals surface area (Å²) < 4.78 is 0. The first-order valence-electron chi connectivity index (χ1n) is 5.62. The van der Waals surface area contributed by atoms with Crippen LogP contribution in [0.2, 0.25) is 0 Å². The van der Waals surface area contributed by atoms with Crippen molar-refractivity contribution in [3.63, 3.8) is 0 Å². The highest BCUT2D eigenvalue weighted by molar-refractivity contribution is 7.80. The average Bonchev–Trinajstić information content (AvgIpc) is 2.59. The molecule has 1 N–H and O–H groups in total. The van der Waals surface area contributed by atoms with E-state index in [9.17, 15) is 4.79 Å². The van der Waals surface area contributed by atoms with Crippen molar-refractivity contribution >= 4 is 29.3 Å². The number of hydrogen-bond acceptors (Lipinski definition) is 2. The van der Waals surface area contributed by atoms with E-state index in [0.717, 1.165) is 12.0 Å². The minimum absolute atomic E-state index is 0.0410. The maximum atomic E-state index is 12.0. The van der Waals surface area contributed by atoms with Crippen LogP contribution in [0.15, 0.2) is 36.0 Å². The monoisotopic (exact) mass is 246 g/mol. The molecule has 0 radical (unpaired) electrons. The molecule has 2 rings (SSSR count). The number of carbonyl (C=O) groups excluding carboxylic acids is 1. The Morgan fingerprint density at radius 2 is 2.06 bits per heavy atom. The highest BCUT2D eigenvalue weighted by atomic mass is 32.1. The van der Waals surface area contributed by atoms with Crippen molar-refractivity contribution in [3.8, 4) is 0 Å². The fraction of sp³-hybridized carbons (Fsp3) is 0.231. The quantitative estimate of drug-likeness (QED) is 0.655. The summed E-state index contributed by atoms with van der Waals surface area (Å²) in [5.41, 5.74) is 1.54. The summed E-state index contributed by atoms with van der Waals surface area (Å²) in [6.07, 6.45) is 2.72. The molecule has 0 atom stereocenters. The standard InChI is InChI=1S/C13H14N2OS/c1-2-8-15-12(16)11(14-13(15)17)9-10-6-4-3-5-7-10/h3-7,9H,2,8H2,1H3,(H,14,17)/b11-9-. The number of nitrogens with one attached hydrogen (secondary N) is 1. The number of thiocarbonyl (C=S) groups is 1. The molecule has 1 fully saturated rings. The van der Waals surface area contributed by atoms with E-state index in [4.69, 9.17) is 12.2 Å². The fourth-order valence-electron chi connectivity index (χ4n) is 1.71. The van der Waals surface area contributed by atoms with Gasteiger partial charge in [-0.2, -0.15) is 0 Å². The van der Waals surface area contributed by atoms with Gasteiger partial charge in [-0.3, -0.25) is 9.69 Å². The van der Waals surface area contributed by atoms with Gasteiger partial charge in [0, 0.05) is 6.54 Å². The molecule has 1 aliphatic rings. The second-order valence-corrected chi connectivity index (χ2v) is 4.24. The predicted molar refractivity (Wildman–Crippen MR) is 72.2 cm³/mol. The Bertz CT molecular complexity index is 468. The fourth-order valence-corrected chi connectivity index (χ4v) is 2.00. The lowest BCUT2D eigenvalue weighted by atomic mass is 10.2. The first kappa shape index (κ1) is 11.8. The molecule has 0 saturated carbocycles. The van der Waals surface area contributed by atoms with Crippen molar-refractivity contribution < 1.29 is 4.79 Å². The summed E-state index contributed by atoms with van der Waals surface area (Å²) in [5, 5.41) is 3.46. The SMILES string of the molecule is CCCN1C(=O)/C(=C/c2ccccc2)NC1=S. The lowest BCUT2D eigenvalue weighted by Gasteiger charge is -2.11. The van der Waals surface area contributed by atoms with Crippen LogP contribution in [0.3, 0.4) is 0 Å². The van der Waals surface area contributed by atoms with E-state index in [1.54, 1.807) is 4.90 Å². The Morgan fingerprint density at radius 1 is 1.35 bits per heavy atom. The molecule has 1 saturated heterocycles. The van der Waals surface area contributed by atoms with Crippen LogP contribution >= 0.6 is 12.2 Å². The maximum Gasteiger partial charge on any atom is 0.276 e. The molecule has 17 heavy (non-hydrogen) atoms. The van der Waals surface area contributed by atoms with E-state index in [-0.39, 0.29) is 5.91 Å². The van der Waals surface area contributed by atoms with Crippen LogP contribution in [-0.4, -0.2) is 22.5 Å². The number of amides is 1. The average molecular weight is 246 g/mol. The van der Waals surface area contributed by atoms with Crippen molar-refractivity contribution in [2.24, 2.45) is 0 Å². The minimum Gasteiger partial charge on any atom is -0.328 e. The van der Waals surface area contributed by atoms with Crippen LogP contribution in [0.4, 0.5) is 0 Å². The van der Waals surface area contributed by atoms with Gasteiger partial charge in [-0.15, -0.1) is 0 Å². The molecule has 0 aromatic heterocycles. The maximum absolute atomic E-state index is 12.0. The summed E-state index contributed by atoms with van der Waals surface area (Å²) >= 11 is 5.13. The van der Waals surface area contributed by atoms with Crippen molar-refractivity contribution in [2.75, 3.05) is 6.54 Å². The van der Waals surface area contributed by atoms with Gasteiger partial charge in [-0.05, 0) is 30.3 Å². The molecule has 1 heterocycles. The van der Waals surface area contributed by atoms with Gasteiger partial charge < -0.3 is 5.32 Å². The molecule has 3 nitrogen and oxygen atoms in total. The molecule has 4 heteroatoms. The molecule has 1 aromatic carbocycles. The van der Waals surface area contributed by atoms with Gasteiger partial charge in [-0.25, -0.2) is 0 Å². The summed E-state index contributed by atoms with van der Waals surface area (Å²) in [4.78, 5) is 13.6. The van der Waals surface area contributed by atoms with Crippen LogP contribution < -0.4 is 5.32 Å². The molecular weight excluding hydrogens is 232 g/mol. The molecule has 88 valence electrons. The molecule has 0 aliphatic carbocycles. The molecule has 1 aromatic rings. The largest absolute Gasteiger partial charge is 0.328 e. The highest BCUT2D eigenvalue weighted by Gasteiger charge is 2.29. The van der Waals surface area contributed by atoms with E-state index in [1.807, 2.05) is 43.3 Å². The predicted octanol–water partition coefficient (Wildman–Crippen LogP) is 2.15. The Labute approximate surface area is 106 Å². The van der Waals surface area contributed by atoms with E-state index >= 15 is 0 Å². The molecule has 1 aliphatic heterocycles. The number of benzene rings is 1. The second kappa shape index (κ2) is 5.10. The van der Waals surface area contributed by atoms with Crippen LogP contribution in [0.1, 0.15) is 18.9 Å². The third kappa shape index (κ3) is 2.53. The summed E-state index contributed by atoms with van der Waals surface area (Å²) in [7, 11) is 0. The molecule has 0 spiro atoms. The van der Waals surface area contributed by atoms with Gasteiger partial charge in [0.15, 0.2) is 5.11 Å². The summed E-state index contributed by atoms with van der Waals surface area (Å²) in [6.45, 7) is 2.69. The van der Waals surface area contributed by atoms with Gasteiger partial charge in [0.25, 0.3) is 5.91 Å². The third-order valence-corrected chi connectivity index (χ3v) is 2.84. The lowest BCUT2D eigenvalue weighted by molar-refractivity contribution is -0.122. The zero-order valence-corrected chi connectivity index (χ0v) is 10.5. The Hall–Kier alpha value is -1.68. The summed E-state index contributed by atoms with van der Waals surface area (Å²) in [5.74, 6) is -0.0410. The lowest BCUT2D eigenvalue weighted by Crippen LogP contribution is -2.31. The Kier molecular flexibility index (Phi) is 3.54. The van der Waals surface area contributed by atoms with Crippen LogP contribution in [-0.2, 0) is 4.79 Å². The zero-order chi connectivity index (χ0) is 12.3. The normalized spacial score (nSPS) is 17.7. The van der Waals surface area contributed by atoms with E-state index < -0.39 is 0 Å². The smallest absolute Gasteiger partial charge is 0.276 e. The topological polar surface area (TPSA) is 32.3 Å². The van der Waals surface area contributed by atoms with Crippen LogP contribution in [0, 0.1) is 0 Å². The van der Waals surface area contributed by atoms with Gasteiger partial charge in [0.05, 0.1) is 0 Å². The third-order valence-electron chi connectivity index (χ3n) is 2.52. The molecule has 0 unspecified atom stereocenters. The first-order valence-corrected chi connectivity index (χ1v) is 6.03. The Balaban J connectivity index is 2.22. The van der Waals surface area contributed by atoms with E-state index in [0.29, 0.717) is 17.4 Å². The van der Waals surface area contributed by atoms with Gasteiger partial charge in [-0.1, -0.05) is 37.3 Å². The van der Waals surface area contributed by atoms with Crippen molar-refractivity contribution in [2.45, 2.75) is 13.3 Å². The number of rotatable bonds is 3. The van der Waals surface area contributed by atoms with Gasteiger partial charge >= 0.3 is 0 Å². The minimum atomic E-state index is -0.0410. The second-order valence-electron chi connectivity index (χ2n) is 3.86. The van der Waals surface area contributed by atoms with E-state index in [1.165, 1.54) is 0 Å². The van der Waals surface area contributed by atoms with Crippen molar-refractivity contribution in [3.05, 3.63) is 41.6 Å². The van der Waals surface area contributed by atoms with Crippen molar-refractivity contribution in [1.29, 1.82) is 0 Å². The molecule has 1 amide bonds. The van der Waals surface area contributed by atoms with Gasteiger partial charge in [0.2, 0.25) is 0 Å². The Morgan fingerprint density at radius 3 is 2.71 bits per heavy atom. The molecule has 0 bridgehead atoms. The number of nitrogens with zero attached hydrogens (tertiary/aromatic N) is 1. The van der Waals surface area contributed by atoms with Crippen LogP contribution in [0.5, 0.6) is 0 Å².